The minimum Gasteiger partial charge on any atom is -0.495 e. The van der Waals surface area contributed by atoms with Gasteiger partial charge in [0.2, 0.25) is 0 Å². The van der Waals surface area contributed by atoms with Crippen LogP contribution in [0, 0.1) is 0 Å². The number of amides is 3. The Morgan fingerprint density at radius 3 is 2.66 bits per heavy atom. The Morgan fingerprint density at radius 1 is 1.19 bits per heavy atom. The van der Waals surface area contributed by atoms with Crippen LogP contribution in [-0.2, 0) is 4.74 Å². The highest BCUT2D eigenvalue weighted by molar-refractivity contribution is 6.31. The topological polar surface area (TPSA) is 80.3 Å². The first-order valence-electron chi connectivity index (χ1n) is 10.6. The molecule has 4 rings (SSSR count). The van der Waals surface area contributed by atoms with E-state index in [1.165, 1.54) is 7.11 Å². The summed E-state index contributed by atoms with van der Waals surface area (Å²) >= 11 is 6.04. The molecule has 2 fully saturated rings. The number of cyclic esters (lactones) is 1. The van der Waals surface area contributed by atoms with E-state index in [2.05, 4.69) is 5.32 Å². The minimum absolute atomic E-state index is 0.0361. The molecule has 1 atom stereocenters. The SMILES string of the molecule is COc1ccc(Cl)cc1NC(=O)N1CCC(N2CC(COc3ccccc3)OC2=O)CC1. The Hall–Kier alpha value is -3.13. The monoisotopic (exact) mass is 459 g/mol. The van der Waals surface area contributed by atoms with Gasteiger partial charge in [-0.25, -0.2) is 9.59 Å². The molecule has 2 aliphatic heterocycles. The average molecular weight is 460 g/mol. The van der Waals surface area contributed by atoms with E-state index in [1.807, 2.05) is 30.3 Å². The van der Waals surface area contributed by atoms with E-state index in [4.69, 9.17) is 25.8 Å². The maximum Gasteiger partial charge on any atom is 0.410 e. The van der Waals surface area contributed by atoms with E-state index in [9.17, 15) is 9.59 Å². The van der Waals surface area contributed by atoms with Crippen molar-refractivity contribution in [3.8, 4) is 11.5 Å². The van der Waals surface area contributed by atoms with Crippen molar-refractivity contribution in [2.45, 2.75) is 25.0 Å². The van der Waals surface area contributed by atoms with Gasteiger partial charge in [-0.15, -0.1) is 0 Å². The zero-order chi connectivity index (χ0) is 22.5. The molecular formula is C23H26ClN3O5. The Morgan fingerprint density at radius 2 is 1.94 bits per heavy atom. The van der Waals surface area contributed by atoms with Crippen LogP contribution >= 0.6 is 11.6 Å². The number of urea groups is 1. The zero-order valence-electron chi connectivity index (χ0n) is 17.8. The Bertz CT molecular complexity index is 950. The fraction of sp³-hybridized carbons (Fsp3) is 0.391. The number of halogens is 1. The van der Waals surface area contributed by atoms with Crippen molar-refractivity contribution < 1.29 is 23.8 Å². The van der Waals surface area contributed by atoms with Crippen LogP contribution in [0.3, 0.4) is 0 Å². The summed E-state index contributed by atoms with van der Waals surface area (Å²) < 4.78 is 16.5. The smallest absolute Gasteiger partial charge is 0.410 e. The first kappa shape index (κ1) is 22.1. The fourth-order valence-electron chi connectivity index (χ4n) is 3.98. The number of methoxy groups -OCH3 is 1. The minimum atomic E-state index is -0.321. The second-order valence-electron chi connectivity index (χ2n) is 7.78. The van der Waals surface area contributed by atoms with Gasteiger partial charge in [-0.05, 0) is 43.2 Å². The van der Waals surface area contributed by atoms with Crippen LogP contribution in [0.25, 0.3) is 0 Å². The van der Waals surface area contributed by atoms with E-state index in [0.29, 0.717) is 55.5 Å². The number of piperidine rings is 1. The number of ether oxygens (including phenoxy) is 3. The largest absolute Gasteiger partial charge is 0.495 e. The number of nitrogens with zero attached hydrogens (tertiary/aromatic N) is 2. The van der Waals surface area contributed by atoms with Crippen LogP contribution in [0.2, 0.25) is 5.02 Å². The summed E-state index contributed by atoms with van der Waals surface area (Å²) in [6, 6.07) is 14.3. The number of nitrogens with one attached hydrogen (secondary N) is 1. The highest BCUT2D eigenvalue weighted by atomic mass is 35.5. The third-order valence-corrected chi connectivity index (χ3v) is 5.91. The molecule has 2 saturated heterocycles. The fourth-order valence-corrected chi connectivity index (χ4v) is 4.16. The molecule has 2 aromatic rings. The van der Waals surface area contributed by atoms with Crippen molar-refractivity contribution in [1.29, 1.82) is 0 Å². The number of carbonyl (C=O) groups is 2. The van der Waals surface area contributed by atoms with Gasteiger partial charge in [0.15, 0.2) is 6.10 Å². The molecule has 32 heavy (non-hydrogen) atoms. The molecule has 0 spiro atoms. The van der Waals surface area contributed by atoms with Crippen molar-refractivity contribution >= 4 is 29.4 Å². The summed E-state index contributed by atoms with van der Waals surface area (Å²) in [6.07, 6.45) is 0.737. The number of carbonyl (C=O) groups excluding carboxylic acids is 2. The Balaban J connectivity index is 1.26. The molecule has 0 radical (unpaired) electrons. The summed E-state index contributed by atoms with van der Waals surface area (Å²) in [6.45, 7) is 1.87. The third kappa shape index (κ3) is 5.19. The Labute approximate surface area is 192 Å². The molecule has 0 aliphatic carbocycles. The number of hydrogen-bond acceptors (Lipinski definition) is 5. The van der Waals surface area contributed by atoms with Crippen LogP contribution in [0.1, 0.15) is 12.8 Å². The summed E-state index contributed by atoms with van der Waals surface area (Å²) in [7, 11) is 1.54. The van der Waals surface area contributed by atoms with Gasteiger partial charge >= 0.3 is 12.1 Å². The molecule has 2 aliphatic rings. The van der Waals surface area contributed by atoms with Gasteiger partial charge in [0.05, 0.1) is 19.3 Å². The van der Waals surface area contributed by atoms with Gasteiger partial charge in [-0.3, -0.25) is 0 Å². The van der Waals surface area contributed by atoms with Crippen LogP contribution in [-0.4, -0.2) is 67.4 Å². The summed E-state index contributed by atoms with van der Waals surface area (Å²) in [4.78, 5) is 28.6. The summed E-state index contributed by atoms with van der Waals surface area (Å²) in [5, 5.41) is 3.37. The average Bonchev–Trinajstić information content (AvgIpc) is 3.19. The van der Waals surface area contributed by atoms with Gasteiger partial charge < -0.3 is 29.3 Å². The molecule has 2 aromatic carbocycles. The molecule has 1 N–H and O–H groups in total. The van der Waals surface area contributed by atoms with Gasteiger partial charge in [-0.2, -0.15) is 0 Å². The van der Waals surface area contributed by atoms with Crippen molar-refractivity contribution in [3.63, 3.8) is 0 Å². The summed E-state index contributed by atoms with van der Waals surface area (Å²) in [5.74, 6) is 1.29. The molecule has 0 bridgehead atoms. The highest BCUT2D eigenvalue weighted by Crippen LogP contribution is 2.29. The maximum absolute atomic E-state index is 12.7. The van der Waals surface area contributed by atoms with Gasteiger partial charge in [-0.1, -0.05) is 29.8 Å². The van der Waals surface area contributed by atoms with E-state index in [0.717, 1.165) is 5.75 Å². The van der Waals surface area contributed by atoms with Gasteiger partial charge in [0.1, 0.15) is 18.1 Å². The molecule has 0 saturated carbocycles. The highest BCUT2D eigenvalue weighted by Gasteiger charge is 2.38. The van der Waals surface area contributed by atoms with E-state index in [1.54, 1.807) is 28.0 Å². The first-order chi connectivity index (χ1) is 15.5. The molecular weight excluding hydrogens is 434 g/mol. The summed E-state index contributed by atoms with van der Waals surface area (Å²) in [5.41, 5.74) is 0.525. The zero-order valence-corrected chi connectivity index (χ0v) is 18.6. The second-order valence-corrected chi connectivity index (χ2v) is 8.21. The number of anilines is 1. The van der Waals surface area contributed by atoms with Crippen LogP contribution in [0.15, 0.2) is 48.5 Å². The number of rotatable bonds is 6. The number of benzene rings is 2. The van der Waals surface area contributed by atoms with Gasteiger partial charge in [0, 0.05) is 24.2 Å². The second kappa shape index (κ2) is 9.99. The lowest BCUT2D eigenvalue weighted by Gasteiger charge is -2.35. The molecule has 3 amide bonds. The number of para-hydroxylation sites is 1. The van der Waals surface area contributed by atoms with Crippen LogP contribution in [0.4, 0.5) is 15.3 Å². The maximum atomic E-state index is 12.7. The van der Waals surface area contributed by atoms with Crippen molar-refractivity contribution in [1.82, 2.24) is 9.80 Å². The van der Waals surface area contributed by atoms with Crippen molar-refractivity contribution in [2.24, 2.45) is 0 Å². The lowest BCUT2D eigenvalue weighted by Crippen LogP contribution is -2.48. The Kier molecular flexibility index (Phi) is 6.90. The molecule has 0 aromatic heterocycles. The molecule has 1 unspecified atom stereocenters. The lowest BCUT2D eigenvalue weighted by molar-refractivity contribution is 0.0991. The van der Waals surface area contributed by atoms with E-state index < -0.39 is 0 Å². The molecule has 170 valence electrons. The number of hydrogen-bond donors (Lipinski definition) is 1. The van der Waals surface area contributed by atoms with E-state index in [-0.39, 0.29) is 24.3 Å². The van der Waals surface area contributed by atoms with Crippen molar-refractivity contribution in [3.05, 3.63) is 53.6 Å². The predicted octanol–water partition coefficient (Wildman–Crippen LogP) is 4.24. The lowest BCUT2D eigenvalue weighted by atomic mass is 10.0. The van der Waals surface area contributed by atoms with Crippen molar-refractivity contribution in [2.75, 3.05) is 38.7 Å². The molecule has 2 heterocycles. The van der Waals surface area contributed by atoms with Crippen LogP contribution in [0.5, 0.6) is 11.5 Å². The van der Waals surface area contributed by atoms with E-state index >= 15 is 0 Å². The first-order valence-corrected chi connectivity index (χ1v) is 11.0. The third-order valence-electron chi connectivity index (χ3n) is 5.68. The predicted molar refractivity (Wildman–Crippen MR) is 121 cm³/mol. The standard InChI is InChI=1S/C23H26ClN3O5/c1-30-21-8-7-16(24)13-20(21)25-22(28)26-11-9-17(10-12-26)27-14-19(32-23(27)29)15-31-18-5-3-2-4-6-18/h2-8,13,17,19H,9-12,14-15H2,1H3,(H,25,28). The van der Waals surface area contributed by atoms with Gasteiger partial charge in [0.25, 0.3) is 0 Å². The quantitative estimate of drug-likeness (QED) is 0.698. The normalized spacial score (nSPS) is 18.9. The molecule has 8 nitrogen and oxygen atoms in total. The number of likely N-dealkylation sites (tertiary alicyclic amines) is 1. The molecule has 9 heteroatoms. The van der Waals surface area contributed by atoms with Crippen LogP contribution < -0.4 is 14.8 Å².